The molecule has 0 amide bonds. The lowest BCUT2D eigenvalue weighted by Gasteiger charge is -1.83. The Morgan fingerprint density at radius 1 is 1.62 bits per heavy atom. The van der Waals surface area contributed by atoms with E-state index in [-0.39, 0.29) is 13.8 Å². The summed E-state index contributed by atoms with van der Waals surface area (Å²) in [6, 6.07) is 0. The van der Waals surface area contributed by atoms with Crippen LogP contribution in [0.2, 0.25) is 0 Å². The average molecular weight is 134 g/mol. The Morgan fingerprint density at radius 3 is 2.25 bits per heavy atom. The van der Waals surface area contributed by atoms with E-state index in [1.54, 1.807) is 0 Å². The lowest BCUT2D eigenvalue weighted by molar-refractivity contribution is -0.00000174. The third kappa shape index (κ3) is 9.26. The Labute approximate surface area is 58.5 Å². The predicted octanol–water partition coefficient (Wildman–Crippen LogP) is -2.28. The highest BCUT2D eigenvalue weighted by Gasteiger charge is 1.77. The Kier molecular flexibility index (Phi) is 9.13. The SMILES string of the molecule is CC(C)C#CCN.[Cl-].[H+]. The second kappa shape index (κ2) is 6.81. The minimum Gasteiger partial charge on any atom is -1.00 e. The van der Waals surface area contributed by atoms with Crippen LogP contribution in [0.4, 0.5) is 0 Å². The molecule has 2 heteroatoms. The van der Waals surface area contributed by atoms with Gasteiger partial charge in [0.2, 0.25) is 0 Å². The Morgan fingerprint density at radius 2 is 2.12 bits per heavy atom. The first-order chi connectivity index (χ1) is 3.27. The molecule has 8 heavy (non-hydrogen) atoms. The Bertz CT molecular complexity index is 93.0. The van der Waals surface area contributed by atoms with Gasteiger partial charge in [-0.25, -0.2) is 0 Å². The molecule has 0 bridgehead atoms. The summed E-state index contributed by atoms with van der Waals surface area (Å²) in [6.45, 7) is 4.57. The number of halogens is 1. The fraction of sp³-hybridized carbons (Fsp3) is 0.667. The standard InChI is InChI=1S/C6H11N.ClH/c1-6(2)4-3-5-7;/h6H,5,7H2,1-2H3;1H. The second-order valence-electron chi connectivity index (χ2n) is 1.68. The fourth-order valence-electron chi connectivity index (χ4n) is 0.263. The van der Waals surface area contributed by atoms with Crippen molar-refractivity contribution in [2.45, 2.75) is 13.8 Å². The van der Waals surface area contributed by atoms with Crippen LogP contribution < -0.4 is 18.1 Å². The van der Waals surface area contributed by atoms with E-state index in [2.05, 4.69) is 11.8 Å². The van der Waals surface area contributed by atoms with Crippen molar-refractivity contribution in [1.29, 1.82) is 0 Å². The van der Waals surface area contributed by atoms with Crippen molar-refractivity contribution in [3.05, 3.63) is 0 Å². The van der Waals surface area contributed by atoms with Gasteiger partial charge in [-0.2, -0.15) is 0 Å². The van der Waals surface area contributed by atoms with Crippen LogP contribution in [0.3, 0.4) is 0 Å². The van der Waals surface area contributed by atoms with E-state index >= 15 is 0 Å². The van der Waals surface area contributed by atoms with Crippen LogP contribution in [-0.4, -0.2) is 6.54 Å². The van der Waals surface area contributed by atoms with Crippen LogP contribution in [-0.2, 0) is 0 Å². The number of hydrogen-bond acceptors (Lipinski definition) is 1. The number of hydrogen-bond donors (Lipinski definition) is 1. The van der Waals surface area contributed by atoms with Gasteiger partial charge in [0.25, 0.3) is 0 Å². The first kappa shape index (κ1) is 10.7. The van der Waals surface area contributed by atoms with Gasteiger partial charge in [-0.15, -0.1) is 0 Å². The summed E-state index contributed by atoms with van der Waals surface area (Å²) in [7, 11) is 0. The van der Waals surface area contributed by atoms with E-state index in [1.807, 2.05) is 13.8 Å². The van der Waals surface area contributed by atoms with Gasteiger partial charge in [0.1, 0.15) is 0 Å². The molecule has 0 aromatic heterocycles. The summed E-state index contributed by atoms with van der Waals surface area (Å²) in [5.41, 5.74) is 5.10. The molecule has 0 aliphatic rings. The highest BCUT2D eigenvalue weighted by molar-refractivity contribution is 5.01. The summed E-state index contributed by atoms with van der Waals surface area (Å²) < 4.78 is 0. The van der Waals surface area contributed by atoms with Crippen LogP contribution >= 0.6 is 0 Å². The van der Waals surface area contributed by atoms with E-state index in [0.29, 0.717) is 12.5 Å². The molecule has 2 N–H and O–H groups in total. The quantitative estimate of drug-likeness (QED) is 0.371. The molecule has 48 valence electrons. The minimum absolute atomic E-state index is 0. The van der Waals surface area contributed by atoms with Crippen molar-refractivity contribution in [3.63, 3.8) is 0 Å². The van der Waals surface area contributed by atoms with Crippen molar-refractivity contribution in [2.75, 3.05) is 6.54 Å². The van der Waals surface area contributed by atoms with Gasteiger partial charge >= 0.3 is 1.43 Å². The molecule has 0 aliphatic carbocycles. The van der Waals surface area contributed by atoms with Gasteiger partial charge in [0.15, 0.2) is 0 Å². The molecule has 0 fully saturated rings. The summed E-state index contributed by atoms with van der Waals surface area (Å²) in [5.74, 6) is 6.16. The molecule has 0 saturated carbocycles. The normalized spacial score (nSPS) is 7.00. The second-order valence-corrected chi connectivity index (χ2v) is 1.68. The van der Waals surface area contributed by atoms with Crippen molar-refractivity contribution in [1.82, 2.24) is 0 Å². The summed E-state index contributed by atoms with van der Waals surface area (Å²) in [4.78, 5) is 0. The van der Waals surface area contributed by atoms with Crippen LogP contribution in [0.5, 0.6) is 0 Å². The number of nitrogens with two attached hydrogens (primary N) is 1. The minimum atomic E-state index is 0. The van der Waals surface area contributed by atoms with Crippen LogP contribution in [0.1, 0.15) is 15.3 Å². The van der Waals surface area contributed by atoms with E-state index in [9.17, 15) is 0 Å². The van der Waals surface area contributed by atoms with E-state index in [4.69, 9.17) is 5.73 Å². The van der Waals surface area contributed by atoms with Crippen molar-refractivity contribution in [2.24, 2.45) is 11.7 Å². The summed E-state index contributed by atoms with van der Waals surface area (Å²) in [5, 5.41) is 0. The molecule has 1 nitrogen and oxygen atoms in total. The molecule has 0 aliphatic heterocycles. The highest BCUT2D eigenvalue weighted by atomic mass is 35.5. The zero-order chi connectivity index (χ0) is 5.70. The van der Waals surface area contributed by atoms with Gasteiger partial charge in [0, 0.05) is 5.92 Å². The first-order valence-corrected chi connectivity index (χ1v) is 2.46. The lowest BCUT2D eigenvalue weighted by Crippen LogP contribution is -3.00. The molecule has 0 unspecified atom stereocenters. The van der Waals surface area contributed by atoms with Crippen LogP contribution in [0, 0.1) is 17.8 Å². The topological polar surface area (TPSA) is 26.0 Å². The van der Waals surface area contributed by atoms with Gasteiger partial charge in [0.05, 0.1) is 6.54 Å². The van der Waals surface area contributed by atoms with Gasteiger partial charge in [-0.3, -0.25) is 0 Å². The zero-order valence-corrected chi connectivity index (χ0v) is 6.00. The summed E-state index contributed by atoms with van der Waals surface area (Å²) in [6.07, 6.45) is 0. The van der Waals surface area contributed by atoms with Crippen molar-refractivity contribution >= 4 is 0 Å². The fourth-order valence-corrected chi connectivity index (χ4v) is 0.263. The van der Waals surface area contributed by atoms with Crippen molar-refractivity contribution in [3.8, 4) is 11.8 Å². The zero-order valence-electron chi connectivity index (χ0n) is 6.24. The Balaban J connectivity index is -0.000000180. The van der Waals surface area contributed by atoms with Crippen molar-refractivity contribution < 1.29 is 13.8 Å². The van der Waals surface area contributed by atoms with Gasteiger partial charge in [-0.1, -0.05) is 25.7 Å². The van der Waals surface area contributed by atoms with Gasteiger partial charge < -0.3 is 18.1 Å². The van der Waals surface area contributed by atoms with E-state index in [0.717, 1.165) is 0 Å². The molecule has 0 spiro atoms. The molecular weight excluding hydrogens is 122 g/mol. The van der Waals surface area contributed by atoms with Gasteiger partial charge in [-0.05, 0) is 0 Å². The average Bonchev–Trinajstić information content (AvgIpc) is 1.61. The maximum atomic E-state index is 5.10. The van der Waals surface area contributed by atoms with E-state index in [1.165, 1.54) is 0 Å². The molecule has 0 aromatic carbocycles. The number of rotatable bonds is 0. The lowest BCUT2D eigenvalue weighted by atomic mass is 10.2. The first-order valence-electron chi connectivity index (χ1n) is 2.46. The molecule has 0 rings (SSSR count). The highest BCUT2D eigenvalue weighted by Crippen LogP contribution is 1.83. The van der Waals surface area contributed by atoms with Crippen LogP contribution in [0.25, 0.3) is 0 Å². The molecule has 0 radical (unpaired) electrons. The summed E-state index contributed by atoms with van der Waals surface area (Å²) >= 11 is 0. The monoisotopic (exact) mass is 133 g/mol. The van der Waals surface area contributed by atoms with Crippen LogP contribution in [0.15, 0.2) is 0 Å². The third-order valence-corrected chi connectivity index (χ3v) is 0.493. The molecule has 0 aromatic rings. The maximum absolute atomic E-state index is 5.10. The molecule has 0 heterocycles. The predicted molar refractivity (Wildman–Crippen MR) is 32.8 cm³/mol. The Hall–Kier alpha value is -0.190. The molecular formula is C6H12ClN. The molecule has 0 saturated heterocycles. The maximum Gasteiger partial charge on any atom is 1.00 e. The molecule has 0 atom stereocenters. The largest absolute Gasteiger partial charge is 1.00 e. The smallest absolute Gasteiger partial charge is 1.00 e. The third-order valence-electron chi connectivity index (χ3n) is 0.493. The van der Waals surface area contributed by atoms with E-state index < -0.39 is 0 Å².